The highest BCUT2D eigenvalue weighted by atomic mass is 16.1. The van der Waals surface area contributed by atoms with Crippen molar-refractivity contribution in [2.75, 3.05) is 31.5 Å². The van der Waals surface area contributed by atoms with Gasteiger partial charge in [0, 0.05) is 18.5 Å². The normalized spacial score (nSPS) is 11.5. The summed E-state index contributed by atoms with van der Waals surface area (Å²) in [5.74, 6) is 0.225. The Morgan fingerprint density at radius 3 is 1.94 bits per heavy atom. The van der Waals surface area contributed by atoms with Crippen molar-refractivity contribution in [3.63, 3.8) is 0 Å². The van der Waals surface area contributed by atoms with Crippen molar-refractivity contribution < 1.29 is 14.1 Å². The minimum absolute atomic E-state index is 0.0402. The number of hydrogen-bond acceptors (Lipinski definition) is 4. The third kappa shape index (κ3) is 7.85. The van der Waals surface area contributed by atoms with E-state index in [-0.39, 0.29) is 11.7 Å². The van der Waals surface area contributed by atoms with Crippen molar-refractivity contribution in [1.82, 2.24) is 0 Å². The van der Waals surface area contributed by atoms with Crippen molar-refractivity contribution >= 4 is 28.8 Å². The average Bonchev–Trinajstić information content (AvgIpc) is 2.82. The van der Waals surface area contributed by atoms with Gasteiger partial charge in [-0.3, -0.25) is 9.59 Å². The van der Waals surface area contributed by atoms with E-state index in [1.807, 2.05) is 24.3 Å². The molecule has 0 unspecified atom stereocenters. The molecule has 1 amide bonds. The summed E-state index contributed by atoms with van der Waals surface area (Å²) in [6.45, 7) is 13.6. The fourth-order valence-corrected chi connectivity index (χ4v) is 3.53. The van der Waals surface area contributed by atoms with E-state index in [1.54, 1.807) is 30.3 Å². The van der Waals surface area contributed by atoms with Crippen LogP contribution in [0.5, 0.6) is 0 Å². The average molecular weight is 436 g/mol. The number of azo groups is 1. The highest BCUT2D eigenvalue weighted by Gasteiger charge is 2.24. The van der Waals surface area contributed by atoms with E-state index in [4.69, 9.17) is 0 Å². The standard InChI is InChI=1S/C26H34N4O2/c1-5-9-10-26(32)27-22-15-17-24(18-16-22)29-28-23-13-11-21(12-14-23)19-25(31)20-30(6-2,7-3)8-4/h5,11-18H,1,6-10,19-20H2,2-4H3/p+1. The van der Waals surface area contributed by atoms with Crippen LogP contribution >= 0.6 is 0 Å². The summed E-state index contributed by atoms with van der Waals surface area (Å²) < 4.78 is 0.836. The Morgan fingerprint density at radius 1 is 0.906 bits per heavy atom. The predicted octanol–water partition coefficient (Wildman–Crippen LogP) is 5.99. The Labute approximate surface area is 191 Å². The molecule has 0 radical (unpaired) electrons. The quantitative estimate of drug-likeness (QED) is 0.238. The number of quaternary nitrogens is 1. The highest BCUT2D eigenvalue weighted by molar-refractivity contribution is 5.90. The van der Waals surface area contributed by atoms with Gasteiger partial charge in [-0.15, -0.1) is 6.58 Å². The monoisotopic (exact) mass is 435 g/mol. The van der Waals surface area contributed by atoms with Gasteiger partial charge in [-0.25, -0.2) is 0 Å². The molecule has 0 aliphatic rings. The Hall–Kier alpha value is -3.12. The number of carbonyl (C=O) groups is 2. The molecule has 0 heterocycles. The van der Waals surface area contributed by atoms with Gasteiger partial charge in [-0.05, 0) is 69.2 Å². The SMILES string of the molecule is C=CCCC(=O)Nc1ccc(N=Nc2ccc(CC(=O)C[N+](CC)(CC)CC)cc2)cc1. The Morgan fingerprint density at radius 2 is 1.44 bits per heavy atom. The molecule has 0 bridgehead atoms. The number of anilines is 1. The molecule has 0 aliphatic carbocycles. The zero-order valence-corrected chi connectivity index (χ0v) is 19.5. The molecular weight excluding hydrogens is 400 g/mol. The maximum Gasteiger partial charge on any atom is 0.224 e. The molecule has 0 atom stereocenters. The van der Waals surface area contributed by atoms with E-state index < -0.39 is 0 Å². The van der Waals surface area contributed by atoms with E-state index in [1.165, 1.54) is 0 Å². The number of likely N-dealkylation sites (N-methyl/N-ethyl adjacent to an activating group) is 1. The Bertz CT molecular complexity index is 906. The van der Waals surface area contributed by atoms with E-state index in [0.717, 1.165) is 41.1 Å². The number of rotatable bonds is 13. The van der Waals surface area contributed by atoms with Crippen LogP contribution in [0.4, 0.5) is 17.1 Å². The molecule has 0 saturated heterocycles. The van der Waals surface area contributed by atoms with Crippen LogP contribution in [-0.4, -0.2) is 42.4 Å². The van der Waals surface area contributed by atoms with Crippen LogP contribution in [-0.2, 0) is 16.0 Å². The summed E-state index contributed by atoms with van der Waals surface area (Å²) in [7, 11) is 0. The van der Waals surface area contributed by atoms with Gasteiger partial charge in [0.05, 0.1) is 31.0 Å². The molecule has 0 spiro atoms. The van der Waals surface area contributed by atoms with Crippen LogP contribution < -0.4 is 5.32 Å². The topological polar surface area (TPSA) is 70.9 Å². The molecule has 32 heavy (non-hydrogen) atoms. The Balaban J connectivity index is 1.91. The summed E-state index contributed by atoms with van der Waals surface area (Å²) >= 11 is 0. The zero-order chi connectivity index (χ0) is 23.4. The number of nitrogens with zero attached hydrogens (tertiary/aromatic N) is 3. The highest BCUT2D eigenvalue weighted by Crippen LogP contribution is 2.21. The fraction of sp³-hybridized carbons (Fsp3) is 0.385. The fourth-order valence-electron chi connectivity index (χ4n) is 3.53. The number of benzene rings is 2. The van der Waals surface area contributed by atoms with Crippen LogP contribution in [0.15, 0.2) is 71.4 Å². The summed E-state index contributed by atoms with van der Waals surface area (Å²) in [6, 6.07) is 14.8. The van der Waals surface area contributed by atoms with Crippen LogP contribution in [0.25, 0.3) is 0 Å². The number of allylic oxidation sites excluding steroid dienone is 1. The van der Waals surface area contributed by atoms with Gasteiger partial charge in [0.25, 0.3) is 0 Å². The largest absolute Gasteiger partial charge is 0.326 e. The van der Waals surface area contributed by atoms with E-state index in [2.05, 4.69) is 42.9 Å². The van der Waals surface area contributed by atoms with Crippen molar-refractivity contribution in [2.45, 2.75) is 40.0 Å². The second-order valence-electron chi connectivity index (χ2n) is 7.95. The first-order chi connectivity index (χ1) is 15.4. The van der Waals surface area contributed by atoms with Gasteiger partial charge < -0.3 is 9.80 Å². The Kier molecular flexibility index (Phi) is 9.95. The first kappa shape index (κ1) is 25.1. The molecule has 0 aromatic heterocycles. The molecule has 0 aliphatic heterocycles. The van der Waals surface area contributed by atoms with Gasteiger partial charge in [-0.1, -0.05) is 18.2 Å². The summed E-state index contributed by atoms with van der Waals surface area (Å²) in [6.07, 6.45) is 3.24. The van der Waals surface area contributed by atoms with Crippen molar-refractivity contribution in [3.8, 4) is 0 Å². The van der Waals surface area contributed by atoms with Gasteiger partial charge in [0.2, 0.25) is 5.91 Å². The first-order valence-electron chi connectivity index (χ1n) is 11.3. The summed E-state index contributed by atoms with van der Waals surface area (Å²) in [4.78, 5) is 24.3. The lowest BCUT2D eigenvalue weighted by atomic mass is 10.1. The summed E-state index contributed by atoms with van der Waals surface area (Å²) in [5.41, 5.74) is 3.14. The second-order valence-corrected chi connectivity index (χ2v) is 7.95. The van der Waals surface area contributed by atoms with E-state index in [9.17, 15) is 9.59 Å². The minimum atomic E-state index is -0.0402. The summed E-state index contributed by atoms with van der Waals surface area (Å²) in [5, 5.41) is 11.4. The third-order valence-corrected chi connectivity index (χ3v) is 5.87. The maximum absolute atomic E-state index is 12.6. The lowest BCUT2D eigenvalue weighted by Gasteiger charge is -2.35. The van der Waals surface area contributed by atoms with Crippen molar-refractivity contribution in [1.29, 1.82) is 0 Å². The van der Waals surface area contributed by atoms with E-state index >= 15 is 0 Å². The van der Waals surface area contributed by atoms with Crippen LogP contribution in [0, 0.1) is 0 Å². The molecule has 1 N–H and O–H groups in total. The number of carbonyl (C=O) groups excluding carboxylic acids is 2. The van der Waals surface area contributed by atoms with Gasteiger partial charge in [0.15, 0.2) is 5.78 Å². The molecule has 6 heteroatoms. The molecule has 0 saturated carbocycles. The predicted molar refractivity (Wildman–Crippen MR) is 131 cm³/mol. The van der Waals surface area contributed by atoms with Gasteiger partial charge in [-0.2, -0.15) is 10.2 Å². The lowest BCUT2D eigenvalue weighted by Crippen LogP contribution is -2.51. The van der Waals surface area contributed by atoms with Gasteiger partial charge in [0.1, 0.15) is 6.54 Å². The zero-order valence-electron chi connectivity index (χ0n) is 19.5. The van der Waals surface area contributed by atoms with E-state index in [0.29, 0.717) is 31.5 Å². The van der Waals surface area contributed by atoms with Crippen molar-refractivity contribution in [3.05, 3.63) is 66.7 Å². The number of amides is 1. The minimum Gasteiger partial charge on any atom is -0.326 e. The van der Waals surface area contributed by atoms with Crippen LogP contribution in [0.3, 0.4) is 0 Å². The molecule has 170 valence electrons. The van der Waals surface area contributed by atoms with Gasteiger partial charge >= 0.3 is 0 Å². The number of nitrogens with one attached hydrogen (secondary N) is 1. The second kappa shape index (κ2) is 12.7. The molecule has 6 nitrogen and oxygen atoms in total. The molecule has 2 rings (SSSR count). The third-order valence-electron chi connectivity index (χ3n) is 5.87. The first-order valence-corrected chi connectivity index (χ1v) is 11.3. The van der Waals surface area contributed by atoms with Crippen molar-refractivity contribution in [2.24, 2.45) is 10.2 Å². The molecule has 2 aromatic rings. The lowest BCUT2D eigenvalue weighted by molar-refractivity contribution is -0.915. The number of Topliss-reactive ketones (excluding diaryl/α,β-unsaturated/α-hetero) is 1. The number of ketones is 1. The van der Waals surface area contributed by atoms with Crippen LogP contribution in [0.2, 0.25) is 0 Å². The smallest absolute Gasteiger partial charge is 0.224 e. The molecule has 0 fully saturated rings. The molecule has 2 aromatic carbocycles. The number of hydrogen-bond donors (Lipinski definition) is 1. The molecular formula is C26H35N4O2+. The maximum atomic E-state index is 12.6. The van der Waals surface area contributed by atoms with Crippen LogP contribution in [0.1, 0.15) is 39.2 Å².